The zero-order valence-corrected chi connectivity index (χ0v) is 9.49. The van der Waals surface area contributed by atoms with Gasteiger partial charge >= 0.3 is 0 Å². The summed E-state index contributed by atoms with van der Waals surface area (Å²) in [4.78, 5) is 0. The maximum atomic E-state index is 5.32. The molecule has 3 nitrogen and oxygen atoms in total. The first-order valence-electron chi connectivity index (χ1n) is 5.41. The van der Waals surface area contributed by atoms with Crippen LogP contribution in [-0.2, 0) is 24.8 Å². The van der Waals surface area contributed by atoms with E-state index in [1.54, 1.807) is 0 Å². The standard InChI is InChI=1S/C11H21N2O/c1-4-11-12(3)8-9-13(11)7-6-10-14-5-2/h8-9H,4-7,10H2,1-3H3/q+1. The molecule has 0 aromatic carbocycles. The second kappa shape index (κ2) is 5.81. The van der Waals surface area contributed by atoms with Crippen LogP contribution in [-0.4, -0.2) is 17.8 Å². The minimum atomic E-state index is 0.820. The number of hydrogen-bond acceptors (Lipinski definition) is 1. The number of imidazole rings is 1. The lowest BCUT2D eigenvalue weighted by atomic mass is 10.4. The fraction of sp³-hybridized carbons (Fsp3) is 0.727. The molecule has 1 heterocycles. The van der Waals surface area contributed by atoms with Crippen molar-refractivity contribution in [2.75, 3.05) is 13.2 Å². The first-order chi connectivity index (χ1) is 6.79. The van der Waals surface area contributed by atoms with E-state index in [1.807, 2.05) is 6.92 Å². The van der Waals surface area contributed by atoms with Gasteiger partial charge in [0.15, 0.2) is 0 Å². The quantitative estimate of drug-likeness (QED) is 0.496. The lowest BCUT2D eigenvalue weighted by molar-refractivity contribution is -0.678. The number of hydrogen-bond donors (Lipinski definition) is 0. The summed E-state index contributed by atoms with van der Waals surface area (Å²) in [6.07, 6.45) is 6.43. The predicted molar refractivity (Wildman–Crippen MR) is 56.1 cm³/mol. The molecule has 0 unspecified atom stereocenters. The summed E-state index contributed by atoms with van der Waals surface area (Å²) in [5.41, 5.74) is 0. The number of aromatic nitrogens is 2. The van der Waals surface area contributed by atoms with Crippen LogP contribution in [0.3, 0.4) is 0 Å². The van der Waals surface area contributed by atoms with Crippen molar-refractivity contribution in [3.8, 4) is 0 Å². The Bertz CT molecular complexity index is 268. The minimum absolute atomic E-state index is 0.820. The van der Waals surface area contributed by atoms with Gasteiger partial charge in [0.05, 0.1) is 20.2 Å². The fourth-order valence-electron chi connectivity index (χ4n) is 1.69. The summed E-state index contributed by atoms with van der Waals surface area (Å²) in [6.45, 7) is 6.97. The number of aryl methyl sites for hydroxylation is 2. The summed E-state index contributed by atoms with van der Waals surface area (Å²) < 4.78 is 9.80. The molecule has 0 amide bonds. The molecule has 0 saturated heterocycles. The molecule has 0 aliphatic heterocycles. The van der Waals surface area contributed by atoms with E-state index >= 15 is 0 Å². The number of nitrogens with zero attached hydrogens (tertiary/aromatic N) is 2. The van der Waals surface area contributed by atoms with Crippen LogP contribution in [0.2, 0.25) is 0 Å². The van der Waals surface area contributed by atoms with Crippen molar-refractivity contribution in [3.05, 3.63) is 18.2 Å². The Hall–Kier alpha value is -0.830. The Balaban J connectivity index is 2.42. The third-order valence-electron chi connectivity index (χ3n) is 2.42. The van der Waals surface area contributed by atoms with E-state index in [0.717, 1.165) is 32.6 Å². The van der Waals surface area contributed by atoms with Crippen LogP contribution in [0.5, 0.6) is 0 Å². The summed E-state index contributed by atoms with van der Waals surface area (Å²) in [7, 11) is 2.10. The molecule has 1 aromatic rings. The molecule has 0 atom stereocenters. The van der Waals surface area contributed by atoms with Crippen molar-refractivity contribution in [1.82, 2.24) is 4.57 Å². The van der Waals surface area contributed by atoms with Crippen molar-refractivity contribution in [1.29, 1.82) is 0 Å². The third-order valence-corrected chi connectivity index (χ3v) is 2.42. The van der Waals surface area contributed by atoms with Gasteiger partial charge in [0, 0.05) is 19.4 Å². The molecule has 14 heavy (non-hydrogen) atoms. The van der Waals surface area contributed by atoms with E-state index in [4.69, 9.17) is 4.74 Å². The lowest BCUT2D eigenvalue weighted by Gasteiger charge is -2.01. The summed E-state index contributed by atoms with van der Waals surface area (Å²) in [6, 6.07) is 0. The topological polar surface area (TPSA) is 18.0 Å². The maximum Gasteiger partial charge on any atom is 0.255 e. The molecular formula is C11H21N2O+. The van der Waals surface area contributed by atoms with E-state index in [2.05, 4.69) is 35.5 Å². The molecular weight excluding hydrogens is 176 g/mol. The van der Waals surface area contributed by atoms with Crippen LogP contribution in [0.15, 0.2) is 12.4 Å². The van der Waals surface area contributed by atoms with E-state index in [-0.39, 0.29) is 0 Å². The first-order valence-corrected chi connectivity index (χ1v) is 5.41. The highest BCUT2D eigenvalue weighted by Gasteiger charge is 2.10. The van der Waals surface area contributed by atoms with Crippen molar-refractivity contribution < 1.29 is 9.30 Å². The van der Waals surface area contributed by atoms with Gasteiger partial charge in [-0.1, -0.05) is 6.92 Å². The van der Waals surface area contributed by atoms with Crippen LogP contribution in [0.25, 0.3) is 0 Å². The fourth-order valence-corrected chi connectivity index (χ4v) is 1.69. The van der Waals surface area contributed by atoms with Crippen LogP contribution in [0, 0.1) is 0 Å². The SMILES string of the molecule is CCOCCCn1cc[n+](C)c1CC. The Kier molecular flexibility index (Phi) is 4.66. The Morgan fingerprint density at radius 1 is 1.43 bits per heavy atom. The van der Waals surface area contributed by atoms with E-state index < -0.39 is 0 Å². The molecule has 3 heteroatoms. The van der Waals surface area contributed by atoms with Gasteiger partial charge in [0.25, 0.3) is 5.82 Å². The van der Waals surface area contributed by atoms with Gasteiger partial charge in [-0.25, -0.2) is 9.13 Å². The molecule has 0 aliphatic rings. The largest absolute Gasteiger partial charge is 0.382 e. The van der Waals surface area contributed by atoms with Gasteiger partial charge in [-0.2, -0.15) is 0 Å². The maximum absolute atomic E-state index is 5.32. The van der Waals surface area contributed by atoms with Gasteiger partial charge in [0.1, 0.15) is 12.4 Å². The Morgan fingerprint density at radius 2 is 2.21 bits per heavy atom. The van der Waals surface area contributed by atoms with Crippen molar-refractivity contribution in [3.63, 3.8) is 0 Å². The average molecular weight is 197 g/mol. The van der Waals surface area contributed by atoms with E-state index in [1.165, 1.54) is 5.82 Å². The molecule has 1 aromatic heterocycles. The molecule has 0 bridgehead atoms. The minimum Gasteiger partial charge on any atom is -0.382 e. The van der Waals surface area contributed by atoms with Crippen molar-refractivity contribution >= 4 is 0 Å². The van der Waals surface area contributed by atoms with Gasteiger partial charge in [0.2, 0.25) is 0 Å². The van der Waals surface area contributed by atoms with Crippen LogP contribution < -0.4 is 4.57 Å². The predicted octanol–water partition coefficient (Wildman–Crippen LogP) is 1.30. The average Bonchev–Trinajstić information content (AvgIpc) is 2.54. The summed E-state index contributed by atoms with van der Waals surface area (Å²) >= 11 is 0. The van der Waals surface area contributed by atoms with Gasteiger partial charge in [-0.3, -0.25) is 0 Å². The zero-order chi connectivity index (χ0) is 10.4. The zero-order valence-electron chi connectivity index (χ0n) is 9.49. The van der Waals surface area contributed by atoms with E-state index in [0.29, 0.717) is 0 Å². The van der Waals surface area contributed by atoms with Crippen molar-refractivity contribution in [2.24, 2.45) is 7.05 Å². The summed E-state index contributed by atoms with van der Waals surface area (Å²) in [5, 5.41) is 0. The van der Waals surface area contributed by atoms with Crippen LogP contribution >= 0.6 is 0 Å². The van der Waals surface area contributed by atoms with Gasteiger partial charge in [-0.05, 0) is 6.92 Å². The molecule has 0 radical (unpaired) electrons. The molecule has 0 fully saturated rings. The smallest absolute Gasteiger partial charge is 0.255 e. The molecule has 1 rings (SSSR count). The Morgan fingerprint density at radius 3 is 2.86 bits per heavy atom. The van der Waals surface area contributed by atoms with Gasteiger partial charge < -0.3 is 4.74 Å². The second-order valence-electron chi connectivity index (χ2n) is 3.42. The molecule has 0 spiro atoms. The summed E-state index contributed by atoms with van der Waals surface area (Å²) in [5.74, 6) is 1.38. The molecule has 0 N–H and O–H groups in total. The van der Waals surface area contributed by atoms with Gasteiger partial charge in [-0.15, -0.1) is 0 Å². The number of ether oxygens (including phenoxy) is 1. The first kappa shape index (κ1) is 11.2. The third kappa shape index (κ3) is 2.84. The molecule has 80 valence electrons. The Labute approximate surface area is 86.3 Å². The molecule has 0 saturated carbocycles. The van der Waals surface area contributed by atoms with Crippen molar-refractivity contribution in [2.45, 2.75) is 33.2 Å². The highest BCUT2D eigenvalue weighted by Crippen LogP contribution is 1.98. The monoisotopic (exact) mass is 197 g/mol. The highest BCUT2D eigenvalue weighted by molar-refractivity contribution is 4.82. The van der Waals surface area contributed by atoms with Crippen LogP contribution in [0.4, 0.5) is 0 Å². The normalized spacial score (nSPS) is 10.8. The van der Waals surface area contributed by atoms with Crippen LogP contribution in [0.1, 0.15) is 26.1 Å². The lowest BCUT2D eigenvalue weighted by Crippen LogP contribution is -2.31. The second-order valence-corrected chi connectivity index (χ2v) is 3.42. The van der Waals surface area contributed by atoms with E-state index in [9.17, 15) is 0 Å². The number of rotatable bonds is 6. The highest BCUT2D eigenvalue weighted by atomic mass is 16.5. The molecule has 0 aliphatic carbocycles.